The highest BCUT2D eigenvalue weighted by Crippen LogP contribution is 2.25. The Bertz CT molecular complexity index is 429. The van der Waals surface area contributed by atoms with Gasteiger partial charge in [-0.1, -0.05) is 25.8 Å². The average Bonchev–Trinajstić information content (AvgIpc) is 2.89. The molecule has 1 aromatic rings. The van der Waals surface area contributed by atoms with E-state index in [1.165, 1.54) is 30.4 Å². The first-order chi connectivity index (χ1) is 9.29. The maximum atomic E-state index is 11.6. The quantitative estimate of drug-likeness (QED) is 0.766. The molecule has 2 rings (SSSR count). The molecule has 1 aromatic carbocycles. The van der Waals surface area contributed by atoms with Gasteiger partial charge < -0.3 is 10.1 Å². The van der Waals surface area contributed by atoms with Crippen LogP contribution < -0.4 is 10.1 Å². The van der Waals surface area contributed by atoms with Crippen LogP contribution in [0.4, 0.5) is 0 Å². The lowest BCUT2D eigenvalue weighted by atomic mass is 10.1. The summed E-state index contributed by atoms with van der Waals surface area (Å²) in [5.41, 5.74) is 2.80. The first-order valence-electron chi connectivity index (χ1n) is 7.31. The van der Waals surface area contributed by atoms with Crippen LogP contribution in [0.3, 0.4) is 0 Å². The summed E-state index contributed by atoms with van der Waals surface area (Å²) in [6.45, 7) is 3.02. The van der Waals surface area contributed by atoms with E-state index in [1.54, 1.807) is 0 Å². The van der Waals surface area contributed by atoms with E-state index in [4.69, 9.17) is 4.74 Å². The van der Waals surface area contributed by atoms with Gasteiger partial charge >= 0.3 is 0 Å². The third-order valence-corrected chi connectivity index (χ3v) is 3.54. The Morgan fingerprint density at radius 3 is 2.95 bits per heavy atom. The molecule has 0 heterocycles. The molecule has 0 atom stereocenters. The third-order valence-electron chi connectivity index (χ3n) is 3.54. The van der Waals surface area contributed by atoms with Crippen molar-refractivity contribution in [3.8, 4) is 5.75 Å². The summed E-state index contributed by atoms with van der Waals surface area (Å²) in [7, 11) is 0. The van der Waals surface area contributed by atoms with Crippen molar-refractivity contribution in [1.29, 1.82) is 0 Å². The van der Waals surface area contributed by atoms with Crippen LogP contribution in [0.1, 0.15) is 43.7 Å². The standard InChI is InChI=1S/C16H23NO2/c1-2-3-4-10-17-16(18)12-19-15-9-8-13-6-5-7-14(13)11-15/h8-9,11H,2-7,10,12H2,1H3,(H,17,18). The molecule has 0 saturated heterocycles. The number of unbranched alkanes of at least 4 members (excludes halogenated alkanes) is 2. The van der Waals surface area contributed by atoms with Crippen LogP contribution in [0.2, 0.25) is 0 Å². The van der Waals surface area contributed by atoms with Crippen molar-refractivity contribution >= 4 is 5.91 Å². The molecule has 1 amide bonds. The zero-order chi connectivity index (χ0) is 13.5. The maximum absolute atomic E-state index is 11.6. The maximum Gasteiger partial charge on any atom is 0.257 e. The first-order valence-corrected chi connectivity index (χ1v) is 7.31. The molecular formula is C16H23NO2. The van der Waals surface area contributed by atoms with E-state index in [9.17, 15) is 4.79 Å². The van der Waals surface area contributed by atoms with Crippen LogP contribution in [-0.4, -0.2) is 19.1 Å². The summed E-state index contributed by atoms with van der Waals surface area (Å²) in [6, 6.07) is 6.16. The van der Waals surface area contributed by atoms with E-state index < -0.39 is 0 Å². The highest BCUT2D eigenvalue weighted by molar-refractivity contribution is 5.77. The molecule has 1 N–H and O–H groups in total. The highest BCUT2D eigenvalue weighted by atomic mass is 16.5. The fraction of sp³-hybridized carbons (Fsp3) is 0.562. The number of carbonyl (C=O) groups excluding carboxylic acids is 1. The zero-order valence-electron chi connectivity index (χ0n) is 11.7. The van der Waals surface area contributed by atoms with Gasteiger partial charge in [-0.25, -0.2) is 0 Å². The Kier molecular flexibility index (Phi) is 5.25. The van der Waals surface area contributed by atoms with Gasteiger partial charge in [0.2, 0.25) is 0 Å². The summed E-state index contributed by atoms with van der Waals surface area (Å²) < 4.78 is 5.54. The summed E-state index contributed by atoms with van der Waals surface area (Å²) in [5.74, 6) is 0.779. The Morgan fingerprint density at radius 2 is 2.11 bits per heavy atom. The number of nitrogens with one attached hydrogen (secondary N) is 1. The molecular weight excluding hydrogens is 238 g/mol. The Hall–Kier alpha value is -1.51. The minimum Gasteiger partial charge on any atom is -0.484 e. The lowest BCUT2D eigenvalue weighted by Gasteiger charge is -2.08. The van der Waals surface area contributed by atoms with E-state index in [0.717, 1.165) is 31.6 Å². The number of rotatable bonds is 7. The average molecular weight is 261 g/mol. The second kappa shape index (κ2) is 7.17. The summed E-state index contributed by atoms with van der Waals surface area (Å²) in [4.78, 5) is 11.6. The molecule has 19 heavy (non-hydrogen) atoms. The molecule has 0 bridgehead atoms. The zero-order valence-corrected chi connectivity index (χ0v) is 11.7. The molecule has 0 spiro atoms. The van der Waals surface area contributed by atoms with Crippen molar-refractivity contribution in [1.82, 2.24) is 5.32 Å². The van der Waals surface area contributed by atoms with Crippen molar-refractivity contribution in [2.24, 2.45) is 0 Å². The number of fused-ring (bicyclic) bond motifs is 1. The number of benzene rings is 1. The minimum absolute atomic E-state index is 0.0309. The van der Waals surface area contributed by atoms with Crippen LogP contribution in [0.5, 0.6) is 5.75 Å². The second-order valence-electron chi connectivity index (χ2n) is 5.13. The number of aryl methyl sites for hydroxylation is 2. The molecule has 0 unspecified atom stereocenters. The molecule has 0 aromatic heterocycles. The Morgan fingerprint density at radius 1 is 1.26 bits per heavy atom. The molecule has 0 saturated carbocycles. The largest absolute Gasteiger partial charge is 0.484 e. The van der Waals surface area contributed by atoms with Crippen LogP contribution in [-0.2, 0) is 17.6 Å². The smallest absolute Gasteiger partial charge is 0.257 e. The second-order valence-corrected chi connectivity index (χ2v) is 5.13. The molecule has 0 fully saturated rings. The number of ether oxygens (including phenoxy) is 1. The van der Waals surface area contributed by atoms with Crippen molar-refractivity contribution in [3.63, 3.8) is 0 Å². The van der Waals surface area contributed by atoms with Crippen LogP contribution >= 0.6 is 0 Å². The molecule has 0 radical (unpaired) electrons. The molecule has 3 heteroatoms. The third kappa shape index (κ3) is 4.27. The lowest BCUT2D eigenvalue weighted by Crippen LogP contribution is -2.29. The van der Waals surface area contributed by atoms with Gasteiger partial charge in [0.25, 0.3) is 5.91 Å². The normalized spacial score (nSPS) is 13.1. The summed E-state index contributed by atoms with van der Waals surface area (Å²) in [6.07, 6.45) is 6.91. The topological polar surface area (TPSA) is 38.3 Å². The van der Waals surface area contributed by atoms with Crippen LogP contribution in [0.15, 0.2) is 18.2 Å². The number of hydrogen-bond donors (Lipinski definition) is 1. The van der Waals surface area contributed by atoms with Crippen molar-refractivity contribution in [2.45, 2.75) is 45.4 Å². The molecule has 0 aliphatic heterocycles. The molecule has 1 aliphatic carbocycles. The van der Waals surface area contributed by atoms with Crippen molar-refractivity contribution in [3.05, 3.63) is 29.3 Å². The SMILES string of the molecule is CCCCCNC(=O)COc1ccc2c(c1)CCC2. The van der Waals surface area contributed by atoms with Gasteiger partial charge in [0, 0.05) is 6.54 Å². The minimum atomic E-state index is -0.0309. The van der Waals surface area contributed by atoms with E-state index in [-0.39, 0.29) is 12.5 Å². The van der Waals surface area contributed by atoms with Gasteiger partial charge in [0.15, 0.2) is 6.61 Å². The lowest BCUT2D eigenvalue weighted by molar-refractivity contribution is -0.123. The first kappa shape index (κ1) is 13.9. The number of hydrogen-bond acceptors (Lipinski definition) is 2. The van der Waals surface area contributed by atoms with Crippen LogP contribution in [0, 0.1) is 0 Å². The van der Waals surface area contributed by atoms with Crippen molar-refractivity contribution in [2.75, 3.05) is 13.2 Å². The van der Waals surface area contributed by atoms with Gasteiger partial charge in [0.05, 0.1) is 0 Å². The van der Waals surface area contributed by atoms with Gasteiger partial charge in [0.1, 0.15) is 5.75 Å². The summed E-state index contributed by atoms with van der Waals surface area (Å²) >= 11 is 0. The predicted octanol–water partition coefficient (Wildman–Crippen LogP) is 2.86. The monoisotopic (exact) mass is 261 g/mol. The Balaban J connectivity index is 1.71. The van der Waals surface area contributed by atoms with Crippen LogP contribution in [0.25, 0.3) is 0 Å². The fourth-order valence-electron chi connectivity index (χ4n) is 2.44. The van der Waals surface area contributed by atoms with Gasteiger partial charge in [-0.15, -0.1) is 0 Å². The Labute approximate surface area is 115 Å². The fourth-order valence-corrected chi connectivity index (χ4v) is 2.44. The van der Waals surface area contributed by atoms with E-state index in [1.807, 2.05) is 6.07 Å². The van der Waals surface area contributed by atoms with Crippen molar-refractivity contribution < 1.29 is 9.53 Å². The molecule has 3 nitrogen and oxygen atoms in total. The van der Waals surface area contributed by atoms with E-state index >= 15 is 0 Å². The molecule has 104 valence electrons. The van der Waals surface area contributed by atoms with Gasteiger partial charge in [-0.05, 0) is 48.9 Å². The van der Waals surface area contributed by atoms with Gasteiger partial charge in [-0.2, -0.15) is 0 Å². The molecule has 1 aliphatic rings. The van der Waals surface area contributed by atoms with E-state index in [0.29, 0.717) is 0 Å². The van der Waals surface area contributed by atoms with E-state index in [2.05, 4.69) is 24.4 Å². The number of amides is 1. The number of carbonyl (C=O) groups is 1. The predicted molar refractivity (Wildman–Crippen MR) is 76.5 cm³/mol. The highest BCUT2D eigenvalue weighted by Gasteiger charge is 2.11. The van der Waals surface area contributed by atoms with Gasteiger partial charge in [-0.3, -0.25) is 4.79 Å². The summed E-state index contributed by atoms with van der Waals surface area (Å²) in [5, 5.41) is 2.88.